The molecule has 19 heavy (non-hydrogen) atoms. The molecule has 0 aromatic carbocycles. The third-order valence-corrected chi connectivity index (χ3v) is 7.82. The third-order valence-electron chi connectivity index (χ3n) is 3.34. The summed E-state index contributed by atoms with van der Waals surface area (Å²) in [4.78, 5) is 0. The van der Waals surface area contributed by atoms with Crippen LogP contribution in [0.25, 0.3) is 0 Å². The largest absolute Gasteiger partial charge is 0.330 e. The van der Waals surface area contributed by atoms with Gasteiger partial charge in [-0.2, -0.15) is 4.31 Å². The van der Waals surface area contributed by atoms with Gasteiger partial charge in [0.2, 0.25) is 0 Å². The number of rotatable bonds is 3. The fraction of sp³-hybridized carbons (Fsp3) is 0.636. The van der Waals surface area contributed by atoms with Gasteiger partial charge in [-0.3, -0.25) is 0 Å². The van der Waals surface area contributed by atoms with Crippen LogP contribution in [0.3, 0.4) is 0 Å². The molecule has 0 saturated carbocycles. The van der Waals surface area contributed by atoms with E-state index in [0.717, 1.165) is 22.2 Å². The number of hydrogen-bond donors (Lipinski definition) is 1. The van der Waals surface area contributed by atoms with Crippen LogP contribution in [0.1, 0.15) is 18.4 Å². The lowest BCUT2D eigenvalue weighted by molar-refractivity contribution is 0.279. The van der Waals surface area contributed by atoms with E-state index in [0.29, 0.717) is 29.8 Å². The van der Waals surface area contributed by atoms with Crippen LogP contribution in [0.2, 0.25) is 0 Å². The molecular weight excluding hydrogens is 372 g/mol. The normalized spacial score (nSPS) is 18.3. The first kappa shape index (κ1) is 17.4. The third kappa shape index (κ3) is 3.71. The van der Waals surface area contributed by atoms with Crippen LogP contribution in [0.5, 0.6) is 0 Å². The van der Waals surface area contributed by atoms with E-state index in [1.54, 1.807) is 10.4 Å². The van der Waals surface area contributed by atoms with Gasteiger partial charge < -0.3 is 5.73 Å². The van der Waals surface area contributed by atoms with Gasteiger partial charge in [0.15, 0.2) is 0 Å². The van der Waals surface area contributed by atoms with Crippen molar-refractivity contribution in [2.75, 3.05) is 19.6 Å². The maximum absolute atomic E-state index is 12.4. The van der Waals surface area contributed by atoms with Crippen molar-refractivity contribution in [1.82, 2.24) is 4.31 Å². The summed E-state index contributed by atoms with van der Waals surface area (Å²) in [6.45, 7) is 3.72. The second-order valence-electron chi connectivity index (χ2n) is 4.61. The van der Waals surface area contributed by atoms with Crippen LogP contribution in [-0.2, 0) is 10.0 Å². The molecule has 0 aliphatic carbocycles. The quantitative estimate of drug-likeness (QED) is 0.864. The predicted molar refractivity (Wildman–Crippen MR) is 84.5 cm³/mol. The van der Waals surface area contributed by atoms with Crippen molar-refractivity contribution in [2.45, 2.75) is 24.0 Å². The Kier molecular flexibility index (Phi) is 6.28. The Morgan fingerprint density at radius 3 is 2.47 bits per heavy atom. The number of nitrogens with zero attached hydrogens (tertiary/aromatic N) is 1. The molecule has 110 valence electrons. The molecular formula is C11H18BrClN2O2S2. The second kappa shape index (κ2) is 6.87. The molecule has 1 aromatic rings. The summed E-state index contributed by atoms with van der Waals surface area (Å²) in [5, 5.41) is 0. The topological polar surface area (TPSA) is 63.4 Å². The van der Waals surface area contributed by atoms with E-state index >= 15 is 0 Å². The molecule has 0 unspecified atom stereocenters. The number of sulfonamides is 1. The lowest BCUT2D eigenvalue weighted by atomic mass is 9.99. The zero-order valence-electron chi connectivity index (χ0n) is 10.6. The fourth-order valence-corrected chi connectivity index (χ4v) is 5.92. The average molecular weight is 390 g/mol. The molecule has 0 amide bonds. The monoisotopic (exact) mass is 388 g/mol. The van der Waals surface area contributed by atoms with E-state index in [1.807, 2.05) is 6.92 Å². The van der Waals surface area contributed by atoms with Crippen LogP contribution in [0.15, 0.2) is 14.1 Å². The molecule has 2 heterocycles. The molecule has 8 heteroatoms. The van der Waals surface area contributed by atoms with E-state index in [1.165, 1.54) is 11.3 Å². The van der Waals surface area contributed by atoms with E-state index < -0.39 is 10.0 Å². The highest BCUT2D eigenvalue weighted by atomic mass is 79.9. The molecule has 0 atom stereocenters. The second-order valence-corrected chi connectivity index (χ2v) is 9.14. The van der Waals surface area contributed by atoms with E-state index in [4.69, 9.17) is 5.73 Å². The molecule has 1 saturated heterocycles. The fourth-order valence-electron chi connectivity index (χ4n) is 2.07. The molecule has 0 spiro atoms. The first-order valence-corrected chi connectivity index (χ1v) is 8.96. The van der Waals surface area contributed by atoms with Gasteiger partial charge in [-0.1, -0.05) is 0 Å². The molecule has 1 fully saturated rings. The Bertz CT molecular complexity index is 505. The molecule has 0 bridgehead atoms. The maximum Gasteiger partial charge on any atom is 0.252 e. The Labute approximate surface area is 133 Å². The van der Waals surface area contributed by atoms with Gasteiger partial charge in [-0.25, -0.2) is 8.42 Å². The standard InChI is InChI=1S/C11H17BrN2O2S2.ClH/c1-8-6-10(17-11(8)12)18(15,16)14-4-2-9(7-13)3-5-14;/h6,9H,2-5,7,13H2,1H3;1H. The van der Waals surface area contributed by atoms with E-state index in [9.17, 15) is 8.42 Å². The summed E-state index contributed by atoms with van der Waals surface area (Å²) in [6, 6.07) is 1.74. The van der Waals surface area contributed by atoms with Crippen LogP contribution < -0.4 is 5.73 Å². The van der Waals surface area contributed by atoms with Gasteiger partial charge in [0.1, 0.15) is 4.21 Å². The number of halogens is 2. The Morgan fingerprint density at radius 2 is 2.05 bits per heavy atom. The van der Waals surface area contributed by atoms with Crippen LogP contribution in [-0.4, -0.2) is 32.4 Å². The molecule has 2 rings (SSSR count). The number of piperidine rings is 1. The van der Waals surface area contributed by atoms with Gasteiger partial charge in [0.05, 0.1) is 3.79 Å². The molecule has 1 aromatic heterocycles. The van der Waals surface area contributed by atoms with Gasteiger partial charge >= 0.3 is 0 Å². The Balaban J connectivity index is 0.00000180. The minimum atomic E-state index is -3.31. The minimum absolute atomic E-state index is 0. The SMILES string of the molecule is Cc1cc(S(=O)(=O)N2CCC(CN)CC2)sc1Br.Cl. The first-order chi connectivity index (χ1) is 8.45. The lowest BCUT2D eigenvalue weighted by Gasteiger charge is -2.30. The number of hydrogen-bond acceptors (Lipinski definition) is 4. The highest BCUT2D eigenvalue weighted by Gasteiger charge is 2.30. The zero-order chi connectivity index (χ0) is 13.3. The Hall–Kier alpha value is 0.340. The molecule has 1 aliphatic heterocycles. The van der Waals surface area contributed by atoms with Crippen molar-refractivity contribution < 1.29 is 8.42 Å². The smallest absolute Gasteiger partial charge is 0.252 e. The number of thiophene rings is 1. The summed E-state index contributed by atoms with van der Waals surface area (Å²) in [7, 11) is -3.31. The zero-order valence-corrected chi connectivity index (χ0v) is 14.7. The van der Waals surface area contributed by atoms with Crippen molar-refractivity contribution in [3.05, 3.63) is 15.4 Å². The highest BCUT2D eigenvalue weighted by Crippen LogP contribution is 2.33. The van der Waals surface area contributed by atoms with Crippen molar-refractivity contribution in [3.63, 3.8) is 0 Å². The molecule has 1 aliphatic rings. The molecule has 0 radical (unpaired) electrons. The van der Waals surface area contributed by atoms with Crippen molar-refractivity contribution in [3.8, 4) is 0 Å². The average Bonchev–Trinajstić information content (AvgIpc) is 2.70. The Morgan fingerprint density at radius 1 is 1.47 bits per heavy atom. The summed E-state index contributed by atoms with van der Waals surface area (Å²) < 4.78 is 27.8. The summed E-state index contributed by atoms with van der Waals surface area (Å²) in [5.41, 5.74) is 6.59. The molecule has 4 nitrogen and oxygen atoms in total. The van der Waals surface area contributed by atoms with Crippen LogP contribution in [0, 0.1) is 12.8 Å². The van der Waals surface area contributed by atoms with E-state index in [-0.39, 0.29) is 12.4 Å². The summed E-state index contributed by atoms with van der Waals surface area (Å²) in [5.74, 6) is 0.466. The maximum atomic E-state index is 12.4. The number of aryl methyl sites for hydroxylation is 1. The number of nitrogens with two attached hydrogens (primary N) is 1. The van der Waals surface area contributed by atoms with Crippen molar-refractivity contribution in [2.24, 2.45) is 11.7 Å². The van der Waals surface area contributed by atoms with Gasteiger partial charge in [0.25, 0.3) is 10.0 Å². The van der Waals surface area contributed by atoms with Crippen LogP contribution in [0.4, 0.5) is 0 Å². The first-order valence-electron chi connectivity index (χ1n) is 5.91. The van der Waals surface area contributed by atoms with Crippen LogP contribution >= 0.6 is 39.7 Å². The van der Waals surface area contributed by atoms with Gasteiger partial charge in [-0.05, 0) is 59.8 Å². The molecule has 2 N–H and O–H groups in total. The summed E-state index contributed by atoms with van der Waals surface area (Å²) in [6.07, 6.45) is 1.72. The predicted octanol–water partition coefficient (Wildman–Crippen LogP) is 2.60. The highest BCUT2D eigenvalue weighted by molar-refractivity contribution is 9.11. The lowest BCUT2D eigenvalue weighted by Crippen LogP contribution is -2.39. The summed E-state index contributed by atoms with van der Waals surface area (Å²) >= 11 is 4.66. The van der Waals surface area contributed by atoms with E-state index in [2.05, 4.69) is 15.9 Å². The van der Waals surface area contributed by atoms with Gasteiger partial charge in [0, 0.05) is 13.1 Å². The van der Waals surface area contributed by atoms with Crippen molar-refractivity contribution in [1.29, 1.82) is 0 Å². The van der Waals surface area contributed by atoms with Gasteiger partial charge in [-0.15, -0.1) is 23.7 Å². The van der Waals surface area contributed by atoms with Crippen molar-refractivity contribution >= 4 is 49.7 Å². The minimum Gasteiger partial charge on any atom is -0.330 e.